The molecule has 0 amide bonds. The van der Waals surface area contributed by atoms with Gasteiger partial charge in [0.05, 0.1) is 16.1 Å². The summed E-state index contributed by atoms with van der Waals surface area (Å²) in [6, 6.07) is 10.5. The summed E-state index contributed by atoms with van der Waals surface area (Å²) in [6.07, 6.45) is 0. The molecule has 0 saturated carbocycles. The fraction of sp³-hybridized carbons (Fsp3) is 0. The summed E-state index contributed by atoms with van der Waals surface area (Å²) in [5, 5.41) is 9.70. The first kappa shape index (κ1) is 13.6. The van der Waals surface area contributed by atoms with Crippen LogP contribution < -0.4 is 0 Å². The molecule has 0 aromatic heterocycles. The summed E-state index contributed by atoms with van der Waals surface area (Å²) in [5.41, 5.74) is 0.200. The Labute approximate surface area is 119 Å². The van der Waals surface area contributed by atoms with Crippen molar-refractivity contribution >= 4 is 35.0 Å². The molecular weight excluding hydrogens is 287 g/mol. The van der Waals surface area contributed by atoms with E-state index in [9.17, 15) is 9.59 Å². The third-order valence-corrected chi connectivity index (χ3v) is 3.14. The number of rotatable bonds is 3. The predicted octanol–water partition coefficient (Wildman–Crippen LogP) is 3.92. The molecule has 5 heteroatoms. The molecule has 0 unspecified atom stereocenters. The Hall–Kier alpha value is -1.84. The Bertz CT molecular complexity index is 648. The van der Waals surface area contributed by atoms with E-state index in [0.717, 1.165) is 0 Å². The van der Waals surface area contributed by atoms with Gasteiger partial charge in [-0.25, -0.2) is 4.79 Å². The molecule has 0 bridgehead atoms. The molecule has 0 saturated heterocycles. The highest BCUT2D eigenvalue weighted by atomic mass is 35.5. The van der Waals surface area contributed by atoms with Crippen LogP contribution in [0.4, 0.5) is 0 Å². The second-order valence-corrected chi connectivity index (χ2v) is 4.65. The van der Waals surface area contributed by atoms with Gasteiger partial charge in [-0.2, -0.15) is 0 Å². The van der Waals surface area contributed by atoms with Gasteiger partial charge in [0.1, 0.15) is 0 Å². The van der Waals surface area contributed by atoms with Crippen LogP contribution in [-0.2, 0) is 0 Å². The minimum Gasteiger partial charge on any atom is -0.478 e. The van der Waals surface area contributed by atoms with E-state index in [2.05, 4.69) is 0 Å². The molecule has 3 nitrogen and oxygen atoms in total. The quantitative estimate of drug-likeness (QED) is 0.873. The van der Waals surface area contributed by atoms with Gasteiger partial charge in [0.15, 0.2) is 5.78 Å². The lowest BCUT2D eigenvalue weighted by Gasteiger charge is -2.07. The van der Waals surface area contributed by atoms with Crippen molar-refractivity contribution in [3.63, 3.8) is 0 Å². The van der Waals surface area contributed by atoms with Gasteiger partial charge in [0.25, 0.3) is 0 Å². The molecule has 0 aliphatic rings. The number of halogens is 2. The first-order valence-electron chi connectivity index (χ1n) is 5.33. The van der Waals surface area contributed by atoms with Crippen LogP contribution in [0.25, 0.3) is 0 Å². The van der Waals surface area contributed by atoms with Crippen molar-refractivity contribution < 1.29 is 14.7 Å². The first-order valence-corrected chi connectivity index (χ1v) is 6.08. The highest BCUT2D eigenvalue weighted by molar-refractivity contribution is 6.36. The van der Waals surface area contributed by atoms with Crippen LogP contribution in [0.1, 0.15) is 26.3 Å². The van der Waals surface area contributed by atoms with Crippen molar-refractivity contribution in [1.29, 1.82) is 0 Å². The van der Waals surface area contributed by atoms with Gasteiger partial charge in [0.2, 0.25) is 0 Å². The number of benzene rings is 2. The zero-order valence-electron chi connectivity index (χ0n) is 9.56. The van der Waals surface area contributed by atoms with Crippen molar-refractivity contribution in [1.82, 2.24) is 0 Å². The number of carboxylic acids is 1. The smallest absolute Gasteiger partial charge is 0.336 e. The van der Waals surface area contributed by atoms with Crippen molar-refractivity contribution in [2.75, 3.05) is 0 Å². The maximum Gasteiger partial charge on any atom is 0.336 e. The lowest BCUT2D eigenvalue weighted by Crippen LogP contribution is -2.10. The Balaban J connectivity index is 2.55. The first-order chi connectivity index (χ1) is 9.00. The molecule has 0 heterocycles. The van der Waals surface area contributed by atoms with Crippen molar-refractivity contribution in [3.8, 4) is 0 Å². The molecule has 2 aromatic carbocycles. The highest BCUT2D eigenvalue weighted by Crippen LogP contribution is 2.24. The topological polar surface area (TPSA) is 54.4 Å². The fourth-order valence-electron chi connectivity index (χ4n) is 1.68. The predicted molar refractivity (Wildman–Crippen MR) is 73.3 cm³/mol. The van der Waals surface area contributed by atoms with E-state index in [1.54, 1.807) is 12.1 Å². The Kier molecular flexibility index (Phi) is 3.88. The number of ketones is 1. The average Bonchev–Trinajstić information content (AvgIpc) is 2.38. The van der Waals surface area contributed by atoms with Crippen LogP contribution in [0.3, 0.4) is 0 Å². The maximum atomic E-state index is 12.3. The van der Waals surface area contributed by atoms with Crippen molar-refractivity contribution in [3.05, 3.63) is 69.2 Å². The van der Waals surface area contributed by atoms with Gasteiger partial charge < -0.3 is 5.11 Å². The standard InChI is InChI=1S/C14H8Cl2O3/c15-9-6-4-8(5-7-9)13(17)12-10(14(18)19)2-1-3-11(12)16/h1-7H,(H,18,19). The van der Waals surface area contributed by atoms with Gasteiger partial charge in [-0.1, -0.05) is 29.3 Å². The van der Waals surface area contributed by atoms with E-state index < -0.39 is 11.8 Å². The molecule has 0 aliphatic carbocycles. The van der Waals surface area contributed by atoms with Gasteiger partial charge in [-0.05, 0) is 36.4 Å². The number of carbonyl (C=O) groups is 2. The summed E-state index contributed by atoms with van der Waals surface area (Å²) in [6.45, 7) is 0. The molecule has 2 rings (SSSR count). The Morgan fingerprint density at radius 2 is 1.58 bits per heavy atom. The van der Waals surface area contributed by atoms with Gasteiger partial charge in [-0.3, -0.25) is 4.79 Å². The maximum absolute atomic E-state index is 12.3. The van der Waals surface area contributed by atoms with Crippen LogP contribution in [-0.4, -0.2) is 16.9 Å². The minimum absolute atomic E-state index is 0.0148. The molecule has 0 atom stereocenters. The summed E-state index contributed by atoms with van der Waals surface area (Å²) in [7, 11) is 0. The lowest BCUT2D eigenvalue weighted by atomic mass is 9.98. The molecule has 96 valence electrons. The molecule has 19 heavy (non-hydrogen) atoms. The number of hydrogen-bond donors (Lipinski definition) is 1. The molecule has 2 aromatic rings. The number of aromatic carboxylic acids is 1. The normalized spacial score (nSPS) is 10.2. The van der Waals surface area contributed by atoms with Crippen molar-refractivity contribution in [2.45, 2.75) is 0 Å². The summed E-state index contributed by atoms with van der Waals surface area (Å²) >= 11 is 11.7. The molecule has 0 fully saturated rings. The molecule has 0 spiro atoms. The average molecular weight is 295 g/mol. The molecule has 1 N–H and O–H groups in total. The van der Waals surface area contributed by atoms with Gasteiger partial charge >= 0.3 is 5.97 Å². The van der Waals surface area contributed by atoms with Crippen LogP contribution in [0, 0.1) is 0 Å². The second kappa shape index (κ2) is 5.43. The second-order valence-electron chi connectivity index (χ2n) is 3.80. The molecular formula is C14H8Cl2O3. The van der Waals surface area contributed by atoms with Crippen LogP contribution in [0.15, 0.2) is 42.5 Å². The van der Waals surface area contributed by atoms with Crippen LogP contribution >= 0.6 is 23.2 Å². The molecule has 0 aliphatic heterocycles. The van der Waals surface area contributed by atoms with E-state index in [4.69, 9.17) is 28.3 Å². The van der Waals surface area contributed by atoms with Gasteiger partial charge in [0, 0.05) is 10.6 Å². The summed E-state index contributed by atoms with van der Waals surface area (Å²) in [4.78, 5) is 23.4. The largest absolute Gasteiger partial charge is 0.478 e. The number of hydrogen-bond acceptors (Lipinski definition) is 2. The van der Waals surface area contributed by atoms with E-state index in [0.29, 0.717) is 10.6 Å². The Morgan fingerprint density at radius 3 is 2.16 bits per heavy atom. The fourth-order valence-corrected chi connectivity index (χ4v) is 2.07. The third-order valence-electron chi connectivity index (χ3n) is 2.58. The third kappa shape index (κ3) is 2.78. The monoisotopic (exact) mass is 294 g/mol. The van der Waals surface area contributed by atoms with Crippen LogP contribution in [0.5, 0.6) is 0 Å². The lowest BCUT2D eigenvalue weighted by molar-refractivity contribution is 0.0693. The van der Waals surface area contributed by atoms with Crippen molar-refractivity contribution in [2.24, 2.45) is 0 Å². The zero-order chi connectivity index (χ0) is 14.0. The number of carbonyl (C=O) groups excluding carboxylic acids is 1. The van der Waals surface area contributed by atoms with E-state index >= 15 is 0 Å². The number of carboxylic acid groups (broad SMARTS) is 1. The van der Waals surface area contributed by atoms with Crippen LogP contribution in [0.2, 0.25) is 10.0 Å². The highest BCUT2D eigenvalue weighted by Gasteiger charge is 2.20. The molecule has 0 radical (unpaired) electrons. The summed E-state index contributed by atoms with van der Waals surface area (Å²) in [5.74, 6) is -1.64. The zero-order valence-corrected chi connectivity index (χ0v) is 11.1. The van der Waals surface area contributed by atoms with E-state index in [-0.39, 0.29) is 16.1 Å². The van der Waals surface area contributed by atoms with E-state index in [1.165, 1.54) is 30.3 Å². The summed E-state index contributed by atoms with van der Waals surface area (Å²) < 4.78 is 0. The Morgan fingerprint density at radius 1 is 0.947 bits per heavy atom. The SMILES string of the molecule is O=C(O)c1cccc(Cl)c1C(=O)c1ccc(Cl)cc1. The van der Waals surface area contributed by atoms with Gasteiger partial charge in [-0.15, -0.1) is 0 Å². The van der Waals surface area contributed by atoms with E-state index in [1.807, 2.05) is 0 Å². The minimum atomic E-state index is -1.19.